The molecule has 224 valence electrons. The summed E-state index contributed by atoms with van der Waals surface area (Å²) in [5.41, 5.74) is 3.88. The zero-order chi connectivity index (χ0) is 31.1. The molecular weight excluding hydrogens is 609 g/mol. The number of aromatic nitrogens is 1. The van der Waals surface area contributed by atoms with Gasteiger partial charge in [-0.25, -0.2) is 4.79 Å². The summed E-state index contributed by atoms with van der Waals surface area (Å²) < 4.78 is 26.3. The zero-order valence-electron chi connectivity index (χ0n) is 24.3. The lowest BCUT2D eigenvalue weighted by Gasteiger charge is -2.16. The van der Waals surface area contributed by atoms with Crippen LogP contribution in [0.3, 0.4) is 0 Å². The third-order valence-corrected chi connectivity index (χ3v) is 10.0. The Morgan fingerprint density at radius 1 is 0.911 bits per heavy atom. The van der Waals surface area contributed by atoms with Crippen molar-refractivity contribution in [3.63, 3.8) is 0 Å². The maximum absolute atomic E-state index is 11.6. The van der Waals surface area contributed by atoms with E-state index in [0.29, 0.717) is 47.7 Å². The van der Waals surface area contributed by atoms with Gasteiger partial charge in [-0.1, -0.05) is 48.5 Å². The standard InChI is InChI=1S/C35H26N2O6S2/c1-3-41-31-29(40-2)33(34-30-28(42-16-17-43-30)27(44-34)18-21(19-36)35(38)39)45-32(31)20-12-14-22(15-13-20)37-25-10-6-4-8-23(25)24-9-5-7-11-26(24)37/h4-15,18H,3,16-17H2,1-2H3,(H,38,39)/b21-18-. The summed E-state index contributed by atoms with van der Waals surface area (Å²) in [6, 6.07) is 27.0. The SMILES string of the molecule is CCOc1c(-c2ccc(-n3c4ccccc4c4ccccc43)cc2)sc(-c2sc(/C=C(/C#N)C(=O)O)c3c2OCCO3)c1OC. The van der Waals surface area contributed by atoms with E-state index in [1.54, 1.807) is 13.2 Å². The average molecular weight is 635 g/mol. The van der Waals surface area contributed by atoms with Gasteiger partial charge in [0.1, 0.15) is 24.9 Å². The maximum Gasteiger partial charge on any atom is 0.346 e. The van der Waals surface area contributed by atoms with Crippen molar-refractivity contribution in [1.29, 1.82) is 5.26 Å². The number of carboxylic acid groups (broad SMARTS) is 1. The van der Waals surface area contributed by atoms with Gasteiger partial charge >= 0.3 is 5.97 Å². The highest BCUT2D eigenvalue weighted by atomic mass is 32.1. The van der Waals surface area contributed by atoms with Gasteiger partial charge in [0.05, 0.1) is 44.3 Å². The summed E-state index contributed by atoms with van der Waals surface area (Å²) in [6.45, 7) is 3.01. The van der Waals surface area contributed by atoms with Crippen molar-refractivity contribution in [2.24, 2.45) is 0 Å². The Balaban J connectivity index is 1.36. The molecule has 0 aliphatic carbocycles. The van der Waals surface area contributed by atoms with Gasteiger partial charge in [0.25, 0.3) is 0 Å². The summed E-state index contributed by atoms with van der Waals surface area (Å²) in [4.78, 5) is 14.5. The first kappa shape index (κ1) is 28.5. The van der Waals surface area contributed by atoms with Crippen LogP contribution in [0.5, 0.6) is 23.0 Å². The molecule has 1 N–H and O–H groups in total. The van der Waals surface area contributed by atoms with Crippen LogP contribution >= 0.6 is 22.7 Å². The van der Waals surface area contributed by atoms with Gasteiger partial charge < -0.3 is 28.6 Å². The second kappa shape index (κ2) is 11.7. The number of methoxy groups -OCH3 is 1. The van der Waals surface area contributed by atoms with Gasteiger partial charge in [-0.3, -0.25) is 0 Å². The van der Waals surface area contributed by atoms with Gasteiger partial charge in [0.2, 0.25) is 0 Å². The van der Waals surface area contributed by atoms with Crippen LogP contribution in [0.25, 0.3) is 53.8 Å². The Bertz CT molecular complexity index is 2110. The number of aliphatic carboxylic acids is 1. The van der Waals surface area contributed by atoms with E-state index < -0.39 is 11.5 Å². The van der Waals surface area contributed by atoms with Crippen molar-refractivity contribution in [2.45, 2.75) is 6.92 Å². The Kier molecular flexibility index (Phi) is 7.41. The molecular formula is C35H26N2O6S2. The van der Waals surface area contributed by atoms with E-state index in [-0.39, 0.29) is 0 Å². The summed E-state index contributed by atoms with van der Waals surface area (Å²) in [5, 5.41) is 21.2. The summed E-state index contributed by atoms with van der Waals surface area (Å²) in [6.07, 6.45) is 1.32. The fraction of sp³-hybridized carbons (Fsp3) is 0.143. The number of hydrogen-bond acceptors (Lipinski definition) is 8. The monoisotopic (exact) mass is 634 g/mol. The minimum absolute atomic E-state index is 0.314. The number of nitriles is 1. The van der Waals surface area contributed by atoms with Crippen LogP contribution in [-0.2, 0) is 4.79 Å². The first-order chi connectivity index (χ1) is 22.0. The molecule has 4 heterocycles. The van der Waals surface area contributed by atoms with Crippen LogP contribution in [0.15, 0.2) is 78.4 Å². The minimum atomic E-state index is -1.31. The third kappa shape index (κ3) is 4.77. The van der Waals surface area contributed by atoms with Gasteiger partial charge in [-0.05, 0) is 42.8 Å². The van der Waals surface area contributed by atoms with Crippen molar-refractivity contribution in [3.8, 4) is 54.9 Å². The predicted molar refractivity (Wildman–Crippen MR) is 177 cm³/mol. The Hall–Kier alpha value is -5.24. The number of benzene rings is 3. The molecule has 45 heavy (non-hydrogen) atoms. The van der Waals surface area contributed by atoms with Gasteiger partial charge in [0.15, 0.2) is 23.0 Å². The van der Waals surface area contributed by atoms with Crippen LogP contribution in [-0.4, -0.2) is 42.6 Å². The molecule has 0 spiro atoms. The summed E-state index contributed by atoms with van der Waals surface area (Å²) >= 11 is 2.79. The van der Waals surface area contributed by atoms with Crippen LogP contribution in [0.2, 0.25) is 0 Å². The number of fused-ring (bicyclic) bond motifs is 4. The lowest BCUT2D eigenvalue weighted by molar-refractivity contribution is -0.132. The van der Waals surface area contributed by atoms with Crippen LogP contribution in [0, 0.1) is 11.3 Å². The highest BCUT2D eigenvalue weighted by Gasteiger charge is 2.31. The van der Waals surface area contributed by atoms with Gasteiger partial charge in [-0.2, -0.15) is 5.26 Å². The van der Waals surface area contributed by atoms with Gasteiger partial charge in [-0.15, -0.1) is 22.7 Å². The number of para-hydroxylation sites is 2. The molecule has 0 fully saturated rings. The van der Waals surface area contributed by atoms with Crippen molar-refractivity contribution >= 4 is 56.5 Å². The highest BCUT2D eigenvalue weighted by molar-refractivity contribution is 7.25. The largest absolute Gasteiger partial charge is 0.491 e. The van der Waals surface area contributed by atoms with E-state index >= 15 is 0 Å². The number of carboxylic acids is 1. The molecule has 0 saturated carbocycles. The molecule has 1 aliphatic heterocycles. The van der Waals surface area contributed by atoms with Crippen molar-refractivity contribution in [1.82, 2.24) is 4.57 Å². The smallest absolute Gasteiger partial charge is 0.346 e. The normalized spacial score (nSPS) is 12.8. The van der Waals surface area contributed by atoms with E-state index in [9.17, 15) is 15.2 Å². The van der Waals surface area contributed by atoms with E-state index in [1.807, 2.05) is 6.92 Å². The molecule has 0 amide bonds. The molecule has 1 aliphatic rings. The number of thiophene rings is 2. The number of nitrogens with zero attached hydrogens (tertiary/aromatic N) is 2. The average Bonchev–Trinajstić information content (AvgIpc) is 3.73. The number of ether oxygens (including phenoxy) is 4. The molecule has 0 unspecified atom stereocenters. The zero-order valence-corrected chi connectivity index (χ0v) is 26.0. The highest BCUT2D eigenvalue weighted by Crippen LogP contribution is 2.59. The lowest BCUT2D eigenvalue weighted by atomic mass is 10.1. The molecule has 0 bridgehead atoms. The van der Waals surface area contributed by atoms with E-state index in [0.717, 1.165) is 36.9 Å². The fourth-order valence-electron chi connectivity index (χ4n) is 5.65. The maximum atomic E-state index is 11.6. The van der Waals surface area contributed by atoms with Crippen molar-refractivity contribution < 1.29 is 28.8 Å². The van der Waals surface area contributed by atoms with Crippen LogP contribution in [0.4, 0.5) is 0 Å². The second-order valence-corrected chi connectivity index (χ2v) is 12.2. The topological polar surface area (TPSA) is 103 Å². The first-order valence-corrected chi connectivity index (χ1v) is 15.9. The Labute approximate surface area is 266 Å². The minimum Gasteiger partial charge on any atom is -0.491 e. The quantitative estimate of drug-likeness (QED) is 0.132. The van der Waals surface area contributed by atoms with Crippen molar-refractivity contribution in [3.05, 3.63) is 83.2 Å². The second-order valence-electron chi connectivity index (χ2n) is 10.1. The summed E-state index contributed by atoms with van der Waals surface area (Å²) in [7, 11) is 1.60. The molecule has 0 saturated heterocycles. The van der Waals surface area contributed by atoms with E-state index in [2.05, 4.69) is 77.4 Å². The predicted octanol–water partition coefficient (Wildman–Crippen LogP) is 8.41. The molecule has 8 nitrogen and oxygen atoms in total. The molecule has 7 rings (SSSR count). The Morgan fingerprint density at radius 3 is 2.16 bits per heavy atom. The molecule has 3 aromatic carbocycles. The van der Waals surface area contributed by atoms with E-state index in [4.69, 9.17) is 18.9 Å². The molecule has 10 heteroatoms. The first-order valence-electron chi connectivity index (χ1n) is 14.2. The van der Waals surface area contributed by atoms with Gasteiger partial charge in [0, 0.05) is 16.5 Å². The van der Waals surface area contributed by atoms with Crippen molar-refractivity contribution in [2.75, 3.05) is 26.9 Å². The number of hydrogen-bond donors (Lipinski definition) is 1. The van der Waals surface area contributed by atoms with Crippen LogP contribution in [0.1, 0.15) is 11.8 Å². The number of carbonyl (C=O) groups is 1. The summed E-state index contributed by atoms with van der Waals surface area (Å²) in [5.74, 6) is 0.772. The fourth-order valence-corrected chi connectivity index (χ4v) is 8.13. The third-order valence-electron chi connectivity index (χ3n) is 7.54. The van der Waals surface area contributed by atoms with Crippen LogP contribution < -0.4 is 18.9 Å². The number of rotatable bonds is 8. The molecule has 3 aromatic heterocycles. The van der Waals surface area contributed by atoms with E-state index in [1.165, 1.54) is 39.5 Å². The molecule has 6 aromatic rings. The Morgan fingerprint density at radius 2 is 1.56 bits per heavy atom. The lowest BCUT2D eigenvalue weighted by Crippen LogP contribution is -2.15. The molecule has 0 radical (unpaired) electrons. The molecule has 0 atom stereocenters.